The van der Waals surface area contributed by atoms with Gasteiger partial charge in [0.15, 0.2) is 6.10 Å². The van der Waals surface area contributed by atoms with Crippen molar-refractivity contribution in [3.8, 4) is 0 Å². The lowest BCUT2D eigenvalue weighted by molar-refractivity contribution is -0.128. The van der Waals surface area contributed by atoms with Crippen LogP contribution in [0.5, 0.6) is 0 Å². The number of hydrogen-bond acceptors (Lipinski definition) is 5. The molecule has 0 aliphatic rings. The number of ether oxygens (including phenoxy) is 1. The van der Waals surface area contributed by atoms with Crippen LogP contribution in [-0.4, -0.2) is 36.7 Å². The van der Waals surface area contributed by atoms with Gasteiger partial charge in [0, 0.05) is 17.6 Å². The van der Waals surface area contributed by atoms with Gasteiger partial charge in [-0.3, -0.25) is 9.59 Å². The van der Waals surface area contributed by atoms with Crippen molar-refractivity contribution in [1.29, 1.82) is 0 Å². The van der Waals surface area contributed by atoms with Gasteiger partial charge in [0.1, 0.15) is 0 Å². The Morgan fingerprint density at radius 1 is 1.07 bits per heavy atom. The largest absolute Gasteiger partial charge is 0.449 e. The number of esters is 1. The van der Waals surface area contributed by atoms with E-state index in [0.29, 0.717) is 10.5 Å². The maximum atomic E-state index is 12.3. The van der Waals surface area contributed by atoms with Crippen LogP contribution >= 0.6 is 11.8 Å². The van der Waals surface area contributed by atoms with Crippen LogP contribution in [0.1, 0.15) is 22.8 Å². The van der Waals surface area contributed by atoms with E-state index in [2.05, 4.69) is 10.6 Å². The van der Waals surface area contributed by atoms with E-state index in [1.54, 1.807) is 24.3 Å². The first-order valence-corrected chi connectivity index (χ1v) is 9.40. The lowest BCUT2D eigenvalue weighted by Gasteiger charge is -2.13. The standard InChI is InChI=1S/C20H22N2O4S/c1-13-8-10-15(11-9-13)22-18(23)12-27-17-7-5-4-6-16(17)20(25)26-14(2)19(24)21-3/h4-11,14H,12H2,1-3H3,(H,21,24)(H,22,23)/t14-/m0/s1. The SMILES string of the molecule is CNC(=O)[C@H](C)OC(=O)c1ccccc1SCC(=O)Nc1ccc(C)cc1. The van der Waals surface area contributed by atoms with Crippen LogP contribution in [0.25, 0.3) is 0 Å². The minimum absolute atomic E-state index is 0.142. The normalized spacial score (nSPS) is 11.4. The summed E-state index contributed by atoms with van der Waals surface area (Å²) in [6, 6.07) is 14.3. The van der Waals surface area contributed by atoms with Gasteiger partial charge in [-0.15, -0.1) is 11.8 Å². The van der Waals surface area contributed by atoms with Crippen molar-refractivity contribution in [2.24, 2.45) is 0 Å². The highest BCUT2D eigenvalue weighted by Gasteiger charge is 2.20. The van der Waals surface area contributed by atoms with Crippen LogP contribution in [0.3, 0.4) is 0 Å². The maximum Gasteiger partial charge on any atom is 0.340 e. The predicted molar refractivity (Wildman–Crippen MR) is 106 cm³/mol. The highest BCUT2D eigenvalue weighted by Crippen LogP contribution is 2.24. The lowest BCUT2D eigenvalue weighted by atomic mass is 10.2. The molecule has 0 saturated heterocycles. The van der Waals surface area contributed by atoms with Gasteiger partial charge in [0.2, 0.25) is 5.91 Å². The number of amides is 2. The molecular formula is C20H22N2O4S. The summed E-state index contributed by atoms with van der Waals surface area (Å²) in [6.07, 6.45) is -0.898. The van der Waals surface area contributed by atoms with Crippen LogP contribution in [0.2, 0.25) is 0 Å². The molecule has 0 aromatic heterocycles. The molecule has 142 valence electrons. The van der Waals surface area contributed by atoms with E-state index in [1.165, 1.54) is 25.7 Å². The molecule has 1 atom stereocenters. The summed E-state index contributed by atoms with van der Waals surface area (Å²) in [6.45, 7) is 3.48. The number of carbonyl (C=O) groups excluding carboxylic acids is 3. The van der Waals surface area contributed by atoms with Crippen LogP contribution in [0, 0.1) is 6.92 Å². The molecule has 0 fully saturated rings. The second kappa shape index (κ2) is 9.78. The first kappa shape index (κ1) is 20.5. The average Bonchev–Trinajstić information content (AvgIpc) is 2.67. The zero-order valence-corrected chi connectivity index (χ0v) is 16.3. The molecular weight excluding hydrogens is 364 g/mol. The Morgan fingerprint density at radius 2 is 1.74 bits per heavy atom. The Morgan fingerprint density at radius 3 is 2.41 bits per heavy atom. The molecule has 2 aromatic rings. The molecule has 6 nitrogen and oxygen atoms in total. The molecule has 0 bridgehead atoms. The number of carbonyl (C=O) groups is 3. The van der Waals surface area contributed by atoms with Crippen molar-refractivity contribution in [3.63, 3.8) is 0 Å². The van der Waals surface area contributed by atoms with E-state index in [1.807, 2.05) is 31.2 Å². The van der Waals surface area contributed by atoms with Crippen LogP contribution in [0.4, 0.5) is 5.69 Å². The third-order valence-electron chi connectivity index (χ3n) is 3.70. The third-order valence-corrected chi connectivity index (χ3v) is 4.77. The second-order valence-corrected chi connectivity index (χ2v) is 6.88. The number of benzene rings is 2. The van der Waals surface area contributed by atoms with Crippen molar-refractivity contribution in [3.05, 3.63) is 59.7 Å². The third kappa shape index (κ3) is 6.14. The van der Waals surface area contributed by atoms with Gasteiger partial charge in [-0.2, -0.15) is 0 Å². The molecule has 2 rings (SSSR count). The van der Waals surface area contributed by atoms with Gasteiger partial charge >= 0.3 is 5.97 Å². The number of nitrogens with one attached hydrogen (secondary N) is 2. The molecule has 0 unspecified atom stereocenters. The minimum atomic E-state index is -0.898. The number of aryl methyl sites for hydroxylation is 1. The fourth-order valence-corrected chi connectivity index (χ4v) is 3.06. The van der Waals surface area contributed by atoms with Crippen molar-refractivity contribution < 1.29 is 19.1 Å². The summed E-state index contributed by atoms with van der Waals surface area (Å²) in [4.78, 5) is 36.6. The molecule has 0 aliphatic carbocycles. The summed E-state index contributed by atoms with van der Waals surface area (Å²) >= 11 is 1.23. The molecule has 0 spiro atoms. The fourth-order valence-electron chi connectivity index (χ4n) is 2.22. The molecule has 7 heteroatoms. The average molecular weight is 386 g/mol. The van der Waals surface area contributed by atoms with Gasteiger partial charge in [-0.25, -0.2) is 4.79 Å². The molecule has 2 N–H and O–H groups in total. The first-order chi connectivity index (χ1) is 12.9. The van der Waals surface area contributed by atoms with Gasteiger partial charge in [0.05, 0.1) is 11.3 Å². The van der Waals surface area contributed by atoms with Gasteiger partial charge in [-0.1, -0.05) is 29.8 Å². The molecule has 0 heterocycles. The topological polar surface area (TPSA) is 84.5 Å². The Balaban J connectivity index is 1.98. The number of anilines is 1. The van der Waals surface area contributed by atoms with Crippen LogP contribution in [-0.2, 0) is 14.3 Å². The number of rotatable bonds is 7. The van der Waals surface area contributed by atoms with Crippen molar-refractivity contribution >= 4 is 35.2 Å². The first-order valence-electron chi connectivity index (χ1n) is 8.41. The quantitative estimate of drug-likeness (QED) is 0.564. The van der Waals surface area contributed by atoms with Crippen LogP contribution < -0.4 is 10.6 Å². The number of hydrogen-bond donors (Lipinski definition) is 2. The summed E-state index contributed by atoms with van der Waals surface area (Å²) in [7, 11) is 1.48. The fraction of sp³-hybridized carbons (Fsp3) is 0.250. The van der Waals surface area contributed by atoms with E-state index in [-0.39, 0.29) is 17.6 Å². The maximum absolute atomic E-state index is 12.3. The summed E-state index contributed by atoms with van der Waals surface area (Å²) in [5.41, 5.74) is 2.15. The summed E-state index contributed by atoms with van der Waals surface area (Å²) < 4.78 is 5.18. The van der Waals surface area contributed by atoms with E-state index in [0.717, 1.165) is 11.3 Å². The van der Waals surface area contributed by atoms with Crippen molar-refractivity contribution in [2.75, 3.05) is 18.1 Å². The Bertz CT molecular complexity index is 821. The van der Waals surface area contributed by atoms with Crippen molar-refractivity contribution in [1.82, 2.24) is 5.32 Å². The van der Waals surface area contributed by atoms with E-state index >= 15 is 0 Å². The second-order valence-electron chi connectivity index (χ2n) is 5.86. The predicted octanol–water partition coefficient (Wildman–Crippen LogP) is 3.02. The highest BCUT2D eigenvalue weighted by atomic mass is 32.2. The number of likely N-dealkylation sites (N-methyl/N-ethyl adjacent to an activating group) is 1. The number of thioether (sulfide) groups is 1. The zero-order chi connectivity index (χ0) is 19.8. The van der Waals surface area contributed by atoms with Gasteiger partial charge in [-0.05, 0) is 38.1 Å². The summed E-state index contributed by atoms with van der Waals surface area (Å²) in [5.74, 6) is -1.02. The van der Waals surface area contributed by atoms with E-state index in [4.69, 9.17) is 4.74 Å². The lowest BCUT2D eigenvalue weighted by Crippen LogP contribution is -2.33. The Hall–Kier alpha value is -2.80. The van der Waals surface area contributed by atoms with Crippen molar-refractivity contribution in [2.45, 2.75) is 24.8 Å². The minimum Gasteiger partial charge on any atom is -0.449 e. The van der Waals surface area contributed by atoms with Crippen LogP contribution in [0.15, 0.2) is 53.4 Å². The molecule has 27 heavy (non-hydrogen) atoms. The molecule has 0 aliphatic heterocycles. The molecule has 2 amide bonds. The molecule has 0 saturated carbocycles. The van der Waals surface area contributed by atoms with Gasteiger partial charge in [0.25, 0.3) is 5.91 Å². The monoisotopic (exact) mass is 386 g/mol. The highest BCUT2D eigenvalue weighted by molar-refractivity contribution is 8.00. The van der Waals surface area contributed by atoms with E-state index in [9.17, 15) is 14.4 Å². The smallest absolute Gasteiger partial charge is 0.340 e. The zero-order valence-electron chi connectivity index (χ0n) is 15.4. The van der Waals surface area contributed by atoms with Gasteiger partial charge < -0.3 is 15.4 Å². The Labute approximate surface area is 162 Å². The molecule has 2 aromatic carbocycles. The Kier molecular flexibility index (Phi) is 7.43. The molecule has 0 radical (unpaired) electrons. The van der Waals surface area contributed by atoms with E-state index < -0.39 is 12.1 Å². The summed E-state index contributed by atoms with van der Waals surface area (Å²) in [5, 5.41) is 5.24.